The van der Waals surface area contributed by atoms with Crippen molar-refractivity contribution < 1.29 is 38.8 Å². The summed E-state index contributed by atoms with van der Waals surface area (Å²) in [4.78, 5) is 26.6. The number of carbonyl (C=O) groups excluding carboxylic acids is 1. The fourth-order valence-corrected chi connectivity index (χ4v) is 5.32. The molecule has 0 saturated carbocycles. The Morgan fingerprint density at radius 1 is 0.953 bits per heavy atom. The Morgan fingerprint density at radius 3 is 2.14 bits per heavy atom. The summed E-state index contributed by atoms with van der Waals surface area (Å²) in [7, 11) is 0. The van der Waals surface area contributed by atoms with Gasteiger partial charge in [0, 0.05) is 18.7 Å². The summed E-state index contributed by atoms with van der Waals surface area (Å²) < 4.78 is 25.1. The number of carbonyl (C=O) groups is 2. The summed E-state index contributed by atoms with van der Waals surface area (Å²) in [6, 6.07) is 16.9. The van der Waals surface area contributed by atoms with Crippen LogP contribution in [0.2, 0.25) is 0 Å². The first-order valence-electron chi connectivity index (χ1n) is 14.5. The second kappa shape index (κ2) is 13.1. The van der Waals surface area contributed by atoms with Crippen LogP contribution in [0.25, 0.3) is 0 Å². The Kier molecular flexibility index (Phi) is 9.77. The van der Waals surface area contributed by atoms with E-state index in [0.29, 0.717) is 72.2 Å². The number of benzene rings is 3. The Bertz CT molecular complexity index is 1410. The van der Waals surface area contributed by atoms with Gasteiger partial charge in [0.15, 0.2) is 0 Å². The van der Waals surface area contributed by atoms with Crippen LogP contribution < -0.4 is 9.47 Å². The number of piperidine rings is 1. The molecule has 3 aromatic rings. The molecule has 1 amide bonds. The van der Waals surface area contributed by atoms with Gasteiger partial charge in [-0.05, 0) is 105 Å². The molecular formula is C34H40FNO7. The fraction of sp³-hybridized carbons (Fsp3) is 0.412. The van der Waals surface area contributed by atoms with Crippen molar-refractivity contribution in [2.45, 2.75) is 70.7 Å². The second-order valence-electron chi connectivity index (χ2n) is 12.3. The highest BCUT2D eigenvalue weighted by molar-refractivity contribution is 5.80. The molecule has 9 heteroatoms. The molecule has 0 aliphatic carbocycles. The molecule has 1 heterocycles. The van der Waals surface area contributed by atoms with Crippen molar-refractivity contribution in [3.05, 3.63) is 89.2 Å². The van der Waals surface area contributed by atoms with Crippen LogP contribution in [0.1, 0.15) is 69.9 Å². The SMILES string of the molecule is CC(C)CC1(O)CCN(C(=O)Cc2cc(Oc3ccc(F)cc3)cc(C(O)Oc3ccc(C(C)(C)C(=O)O)cc3)c2)CC1. The first-order valence-corrected chi connectivity index (χ1v) is 14.5. The van der Waals surface area contributed by atoms with Crippen LogP contribution in [0.5, 0.6) is 17.2 Å². The number of rotatable bonds is 11. The molecule has 1 unspecified atom stereocenters. The summed E-state index contributed by atoms with van der Waals surface area (Å²) >= 11 is 0. The third-order valence-electron chi connectivity index (χ3n) is 7.87. The number of likely N-dealkylation sites (tertiary alicyclic amines) is 1. The molecule has 8 nitrogen and oxygen atoms in total. The van der Waals surface area contributed by atoms with E-state index in [9.17, 15) is 29.3 Å². The van der Waals surface area contributed by atoms with Crippen molar-refractivity contribution in [2.24, 2.45) is 5.92 Å². The molecule has 1 aliphatic rings. The van der Waals surface area contributed by atoms with Gasteiger partial charge in [-0.3, -0.25) is 9.59 Å². The average molecular weight is 594 g/mol. The van der Waals surface area contributed by atoms with Crippen LogP contribution in [0.15, 0.2) is 66.7 Å². The van der Waals surface area contributed by atoms with Gasteiger partial charge < -0.3 is 29.7 Å². The van der Waals surface area contributed by atoms with E-state index in [1.54, 1.807) is 61.2 Å². The molecule has 230 valence electrons. The first-order chi connectivity index (χ1) is 20.2. The number of amides is 1. The number of carboxylic acid groups (broad SMARTS) is 1. The lowest BCUT2D eigenvalue weighted by Crippen LogP contribution is -2.47. The predicted molar refractivity (Wildman–Crippen MR) is 160 cm³/mol. The van der Waals surface area contributed by atoms with E-state index >= 15 is 0 Å². The number of aliphatic hydroxyl groups is 2. The number of nitrogens with zero attached hydrogens (tertiary/aromatic N) is 1. The molecule has 1 aliphatic heterocycles. The lowest BCUT2D eigenvalue weighted by Gasteiger charge is -2.39. The Labute approximate surface area is 251 Å². The lowest BCUT2D eigenvalue weighted by atomic mass is 9.84. The minimum atomic E-state index is -1.43. The van der Waals surface area contributed by atoms with Gasteiger partial charge in [-0.1, -0.05) is 26.0 Å². The molecule has 0 aromatic heterocycles. The summed E-state index contributed by atoms with van der Waals surface area (Å²) in [5.74, 6) is -0.0856. The molecule has 1 atom stereocenters. The Balaban J connectivity index is 1.53. The van der Waals surface area contributed by atoms with Gasteiger partial charge in [-0.25, -0.2) is 4.39 Å². The predicted octanol–water partition coefficient (Wildman–Crippen LogP) is 5.99. The summed E-state index contributed by atoms with van der Waals surface area (Å²) in [5, 5.41) is 31.4. The zero-order valence-corrected chi connectivity index (χ0v) is 25.0. The highest BCUT2D eigenvalue weighted by atomic mass is 19.1. The van der Waals surface area contributed by atoms with E-state index in [-0.39, 0.29) is 12.3 Å². The molecule has 4 rings (SSSR count). The zero-order valence-electron chi connectivity index (χ0n) is 25.0. The minimum Gasteiger partial charge on any atom is -0.481 e. The van der Waals surface area contributed by atoms with Crippen molar-refractivity contribution in [2.75, 3.05) is 13.1 Å². The summed E-state index contributed by atoms with van der Waals surface area (Å²) in [6.45, 7) is 8.27. The Hall–Kier alpha value is -3.95. The van der Waals surface area contributed by atoms with Crippen LogP contribution in [0.3, 0.4) is 0 Å². The van der Waals surface area contributed by atoms with Crippen LogP contribution >= 0.6 is 0 Å². The van der Waals surface area contributed by atoms with Crippen LogP contribution in [0.4, 0.5) is 4.39 Å². The molecule has 3 N–H and O–H groups in total. The standard InChI is InChI=1S/C34H40FNO7/c1-22(2)21-34(41)13-15-36(16-14-34)30(37)19-23-17-24(20-29(18-23)42-27-11-7-26(35)8-12-27)31(38)43-28-9-5-25(6-10-28)33(3,4)32(39)40/h5-12,17-18,20,22,31,38,41H,13-16,19,21H2,1-4H3,(H,39,40). The van der Waals surface area contributed by atoms with E-state index in [2.05, 4.69) is 13.8 Å². The first kappa shape index (κ1) is 32.0. The van der Waals surface area contributed by atoms with Crippen molar-refractivity contribution in [1.29, 1.82) is 0 Å². The van der Waals surface area contributed by atoms with E-state index in [0.717, 1.165) is 0 Å². The van der Waals surface area contributed by atoms with Gasteiger partial charge in [0.1, 0.15) is 23.1 Å². The van der Waals surface area contributed by atoms with Crippen molar-refractivity contribution in [3.8, 4) is 17.2 Å². The van der Waals surface area contributed by atoms with Gasteiger partial charge in [-0.15, -0.1) is 0 Å². The fourth-order valence-electron chi connectivity index (χ4n) is 5.32. The monoisotopic (exact) mass is 593 g/mol. The van der Waals surface area contributed by atoms with Crippen molar-refractivity contribution in [3.63, 3.8) is 0 Å². The van der Waals surface area contributed by atoms with Crippen molar-refractivity contribution in [1.82, 2.24) is 4.90 Å². The van der Waals surface area contributed by atoms with Crippen LogP contribution in [-0.4, -0.2) is 50.8 Å². The van der Waals surface area contributed by atoms with Crippen LogP contribution in [-0.2, 0) is 21.4 Å². The van der Waals surface area contributed by atoms with E-state index in [4.69, 9.17) is 9.47 Å². The average Bonchev–Trinajstić information content (AvgIpc) is 2.94. The van der Waals surface area contributed by atoms with Gasteiger partial charge >= 0.3 is 5.97 Å². The minimum absolute atomic E-state index is 0.0436. The lowest BCUT2D eigenvalue weighted by molar-refractivity contribution is -0.142. The number of carboxylic acids is 1. The molecular weight excluding hydrogens is 553 g/mol. The van der Waals surface area contributed by atoms with Gasteiger partial charge in [0.2, 0.25) is 12.2 Å². The number of hydrogen-bond donors (Lipinski definition) is 3. The summed E-state index contributed by atoms with van der Waals surface area (Å²) in [6.07, 6.45) is 0.349. The number of aliphatic hydroxyl groups excluding tert-OH is 1. The smallest absolute Gasteiger partial charge is 0.313 e. The molecule has 3 aromatic carbocycles. The highest BCUT2D eigenvalue weighted by Gasteiger charge is 2.34. The quantitative estimate of drug-likeness (QED) is 0.234. The van der Waals surface area contributed by atoms with Crippen molar-refractivity contribution >= 4 is 11.9 Å². The molecule has 43 heavy (non-hydrogen) atoms. The normalized spacial score (nSPS) is 15.7. The molecule has 1 fully saturated rings. The molecule has 1 saturated heterocycles. The number of hydrogen-bond acceptors (Lipinski definition) is 6. The number of halogens is 1. The van der Waals surface area contributed by atoms with E-state index in [1.807, 2.05) is 0 Å². The zero-order chi connectivity index (χ0) is 31.4. The van der Waals surface area contributed by atoms with Gasteiger partial charge in [0.25, 0.3) is 0 Å². The number of ether oxygens (including phenoxy) is 2. The largest absolute Gasteiger partial charge is 0.481 e. The Morgan fingerprint density at radius 2 is 1.56 bits per heavy atom. The van der Waals surface area contributed by atoms with Gasteiger partial charge in [0.05, 0.1) is 17.4 Å². The maximum atomic E-state index is 13.4. The third-order valence-corrected chi connectivity index (χ3v) is 7.87. The summed E-state index contributed by atoms with van der Waals surface area (Å²) in [5.41, 5.74) is -0.348. The maximum Gasteiger partial charge on any atom is 0.313 e. The van der Waals surface area contributed by atoms with Gasteiger partial charge in [-0.2, -0.15) is 0 Å². The molecule has 0 spiro atoms. The molecule has 0 radical (unpaired) electrons. The highest BCUT2D eigenvalue weighted by Crippen LogP contribution is 2.32. The van der Waals surface area contributed by atoms with Crippen LogP contribution in [0, 0.1) is 11.7 Å². The second-order valence-corrected chi connectivity index (χ2v) is 12.3. The topological polar surface area (TPSA) is 117 Å². The molecule has 0 bridgehead atoms. The number of aliphatic carboxylic acids is 1. The van der Waals surface area contributed by atoms with E-state index in [1.165, 1.54) is 24.3 Å². The van der Waals surface area contributed by atoms with E-state index < -0.39 is 29.1 Å². The maximum absolute atomic E-state index is 13.4. The third kappa shape index (κ3) is 8.33.